The van der Waals surface area contributed by atoms with Crippen LogP contribution >= 0.6 is 28.5 Å². The Morgan fingerprint density at radius 3 is 1.21 bits per heavy atom. The Hall–Kier alpha value is 1.72. The summed E-state index contributed by atoms with van der Waals surface area (Å²) < 4.78 is 0. The molecular weight excluding hydrogens is 424 g/mol. The molecule has 0 spiro atoms. The molecule has 0 amide bonds. The minimum absolute atomic E-state index is 0.470. The van der Waals surface area contributed by atoms with Gasteiger partial charge in [-0.3, -0.25) is 0 Å². The van der Waals surface area contributed by atoms with Crippen molar-refractivity contribution in [1.29, 1.82) is 0 Å². The lowest BCUT2D eigenvalue weighted by molar-refractivity contribution is 0.503. The van der Waals surface area contributed by atoms with Crippen LogP contribution in [-0.4, -0.2) is 29.3 Å². The van der Waals surface area contributed by atoms with Crippen molar-refractivity contribution in [2.75, 3.05) is 6.66 Å². The third kappa shape index (κ3) is 4.44. The molecule has 5 rings (SSSR count). The van der Waals surface area contributed by atoms with Crippen molar-refractivity contribution in [2.45, 2.75) is 151 Å². The van der Waals surface area contributed by atoms with Crippen molar-refractivity contribution in [3.05, 3.63) is 0 Å². The molecule has 1 saturated heterocycles. The lowest BCUT2D eigenvalue weighted by Crippen LogP contribution is -2.29. The first-order chi connectivity index (χ1) is 14.3. The van der Waals surface area contributed by atoms with Gasteiger partial charge in [-0.05, 0) is 69.9 Å². The highest BCUT2D eigenvalue weighted by Crippen LogP contribution is 3.31. The number of hydrogen-bond donors (Lipinski definition) is 0. The van der Waals surface area contributed by atoms with Crippen LogP contribution in [0.2, 0.25) is 0 Å². The van der Waals surface area contributed by atoms with Gasteiger partial charge in [0.15, 0.2) is 0 Å². The molecule has 0 nitrogen and oxygen atoms in total. The smallest absolute Gasteiger partial charge is 0.0533 e. The minimum Gasteiger partial charge on any atom is -0.0533 e. The van der Waals surface area contributed by atoms with Crippen LogP contribution in [0, 0.1) is 0 Å². The zero-order valence-corrected chi connectivity index (χ0v) is 22.8. The summed E-state index contributed by atoms with van der Waals surface area (Å²) in [4.78, 5) is 0. The quantitative estimate of drug-likeness (QED) is 0.358. The molecule has 0 aromatic carbocycles. The van der Waals surface area contributed by atoms with E-state index in [0.29, 0.717) is 21.9 Å². The summed E-state index contributed by atoms with van der Waals surface area (Å²) >= 11 is 0. The van der Waals surface area contributed by atoms with Crippen molar-refractivity contribution < 1.29 is 0 Å². The fourth-order valence-electron chi connectivity index (χ4n) is 7.70. The Labute approximate surface area is 186 Å². The fraction of sp³-hybridized carbons (Fsp3) is 1.00. The largest absolute Gasteiger partial charge is 0.0929 e. The van der Waals surface area contributed by atoms with Gasteiger partial charge in [0.05, 0.1) is 33.6 Å². The lowest BCUT2D eigenvalue weighted by Gasteiger charge is -2.63. The van der Waals surface area contributed by atoms with E-state index in [1.807, 2.05) is 0 Å². The van der Waals surface area contributed by atoms with Crippen molar-refractivity contribution in [2.24, 2.45) is 0 Å². The maximum absolute atomic E-state index is 3.07. The third-order valence-corrected chi connectivity index (χ3v) is 54.6. The summed E-state index contributed by atoms with van der Waals surface area (Å²) in [5.41, 5.74) is 5.04. The summed E-state index contributed by atoms with van der Waals surface area (Å²) in [6, 6.07) is 0. The van der Waals surface area contributed by atoms with E-state index in [9.17, 15) is 0 Å². The Bertz CT molecular complexity index is 487. The van der Waals surface area contributed by atoms with Gasteiger partial charge in [0.1, 0.15) is 0 Å². The molecule has 1 heterocycles. The van der Waals surface area contributed by atoms with Gasteiger partial charge in [0.2, 0.25) is 0 Å². The molecule has 166 valence electrons. The molecular formula is C25H47P4+. The first-order valence-corrected chi connectivity index (χ1v) is 22.9. The van der Waals surface area contributed by atoms with Crippen LogP contribution in [0.3, 0.4) is 0 Å². The van der Waals surface area contributed by atoms with E-state index in [2.05, 4.69) is 6.66 Å². The highest BCUT2D eigenvalue weighted by atomic mass is 33.0. The molecule has 4 saturated carbocycles. The van der Waals surface area contributed by atoms with Crippen LogP contribution < -0.4 is 0 Å². The number of hydrogen-bond acceptors (Lipinski definition) is 0. The van der Waals surface area contributed by atoms with E-state index in [0.717, 1.165) is 0 Å². The molecule has 0 aromatic rings. The van der Waals surface area contributed by atoms with E-state index in [1.54, 1.807) is 128 Å². The van der Waals surface area contributed by atoms with E-state index < -0.39 is 6.64 Å². The van der Waals surface area contributed by atoms with Crippen molar-refractivity contribution in [1.82, 2.24) is 0 Å². The first kappa shape index (κ1) is 22.5. The average molecular weight is 472 g/mol. The van der Waals surface area contributed by atoms with Gasteiger partial charge in [-0.25, -0.2) is 0 Å². The van der Waals surface area contributed by atoms with Crippen molar-refractivity contribution >= 4 is 28.5 Å². The maximum atomic E-state index is 3.07. The Morgan fingerprint density at radius 1 is 0.448 bits per heavy atom. The normalized spacial score (nSPS) is 41.9. The summed E-state index contributed by atoms with van der Waals surface area (Å²) in [6.45, 7) is 2.43. The van der Waals surface area contributed by atoms with Gasteiger partial charge in [-0.1, -0.05) is 64.2 Å². The predicted molar refractivity (Wildman–Crippen MR) is 141 cm³/mol. The Morgan fingerprint density at radius 2 is 0.793 bits per heavy atom. The molecule has 2 unspecified atom stereocenters. The molecule has 0 bridgehead atoms. The average Bonchev–Trinajstić information content (AvgIpc) is 2.80. The summed E-state index contributed by atoms with van der Waals surface area (Å²) in [5.74, 6) is 0. The van der Waals surface area contributed by atoms with Crippen molar-refractivity contribution in [3.8, 4) is 0 Å². The van der Waals surface area contributed by atoms with Gasteiger partial charge < -0.3 is 0 Å². The highest BCUT2D eigenvalue weighted by molar-refractivity contribution is 9.13. The molecule has 1 aliphatic heterocycles. The first-order valence-electron chi connectivity index (χ1n) is 13.5. The zero-order chi connectivity index (χ0) is 19.7. The summed E-state index contributed by atoms with van der Waals surface area (Å²) in [6.07, 6.45) is 32.5. The predicted octanol–water partition coefficient (Wildman–Crippen LogP) is 11.1. The van der Waals surface area contributed by atoms with E-state index in [-0.39, 0.29) is 0 Å². The minimum atomic E-state index is -0.640. The van der Waals surface area contributed by atoms with Gasteiger partial charge >= 0.3 is 0 Å². The van der Waals surface area contributed by atoms with Crippen LogP contribution in [0.1, 0.15) is 128 Å². The maximum Gasteiger partial charge on any atom is 0.0929 e. The Balaban J connectivity index is 1.48. The Kier molecular flexibility index (Phi) is 8.02. The topological polar surface area (TPSA) is 0 Å². The van der Waals surface area contributed by atoms with Crippen LogP contribution in [0.5, 0.6) is 0 Å². The third-order valence-electron chi connectivity index (χ3n) is 9.22. The second kappa shape index (κ2) is 10.3. The molecule has 5 fully saturated rings. The molecule has 4 heteroatoms. The fourth-order valence-corrected chi connectivity index (χ4v) is 71.1. The van der Waals surface area contributed by atoms with E-state index in [1.165, 1.54) is 22.6 Å². The van der Waals surface area contributed by atoms with E-state index >= 15 is 0 Å². The molecule has 29 heavy (non-hydrogen) atoms. The van der Waals surface area contributed by atoms with Crippen LogP contribution in [-0.2, 0) is 0 Å². The van der Waals surface area contributed by atoms with Crippen LogP contribution in [0.15, 0.2) is 0 Å². The molecule has 0 radical (unpaired) electrons. The molecule has 0 aromatic heterocycles. The van der Waals surface area contributed by atoms with Gasteiger partial charge in [0.25, 0.3) is 0 Å². The number of rotatable bonds is 4. The molecule has 2 atom stereocenters. The standard InChI is InChI=1S/C25H47P4/c1-29(25-20-12-5-13-21-25)27(23-16-8-3-9-17-23)26(22-14-6-2-7-15-22)28(29)24-18-10-4-11-19-24/h22-25H,2-21H2,1H3/q+1. The van der Waals surface area contributed by atoms with E-state index in [4.69, 9.17) is 0 Å². The highest BCUT2D eigenvalue weighted by Gasteiger charge is 2.74. The second-order valence-corrected chi connectivity index (χ2v) is 34.4. The van der Waals surface area contributed by atoms with Crippen molar-refractivity contribution in [3.63, 3.8) is 0 Å². The molecule has 4 aliphatic carbocycles. The molecule has 5 aliphatic rings. The van der Waals surface area contributed by atoms with Gasteiger partial charge in [-0.2, -0.15) is 0 Å². The summed E-state index contributed by atoms with van der Waals surface area (Å²) in [5, 5.41) is 0. The SMILES string of the molecule is C[P+]1(C2CCCCC2)P(C2CCCCC2)P(C2CCCCC2)P1C1CCCCC1. The van der Waals surface area contributed by atoms with Crippen LogP contribution in [0.25, 0.3) is 0 Å². The van der Waals surface area contributed by atoms with Gasteiger partial charge in [0, 0.05) is 18.6 Å². The molecule has 0 N–H and O–H groups in total. The summed E-state index contributed by atoms with van der Waals surface area (Å²) in [7, 11) is 1.42. The second-order valence-electron chi connectivity index (χ2n) is 11.1. The monoisotopic (exact) mass is 471 g/mol. The lowest BCUT2D eigenvalue weighted by atomic mass is 10.0. The van der Waals surface area contributed by atoms with Crippen LogP contribution in [0.4, 0.5) is 0 Å². The zero-order valence-electron chi connectivity index (χ0n) is 19.2. The van der Waals surface area contributed by atoms with Gasteiger partial charge in [-0.15, -0.1) is 0 Å².